The average Bonchev–Trinajstić information content (AvgIpc) is 2.51. The average molecular weight is 166 g/mol. The highest BCUT2D eigenvalue weighted by molar-refractivity contribution is 6.14. The van der Waals surface area contributed by atoms with Crippen LogP contribution in [0.25, 0.3) is 5.57 Å². The van der Waals surface area contributed by atoms with Crippen molar-refractivity contribution < 1.29 is 14.3 Å². The van der Waals surface area contributed by atoms with E-state index in [1.807, 2.05) is 6.92 Å². The molecule has 12 heavy (non-hydrogen) atoms. The Kier molecular flexibility index (Phi) is 2.69. The lowest BCUT2D eigenvalue weighted by molar-refractivity contribution is -0.130. The monoisotopic (exact) mass is 166 g/mol. The topological polar surface area (TPSA) is 50.4 Å². The summed E-state index contributed by atoms with van der Waals surface area (Å²) in [4.78, 5) is 10.7. The van der Waals surface area contributed by atoms with E-state index in [1.54, 1.807) is 18.2 Å². The fraction of sp³-hybridized carbons (Fsp3) is 0.222. The van der Waals surface area contributed by atoms with Gasteiger partial charge in [-0.3, -0.25) is 0 Å². The highest BCUT2D eigenvalue weighted by Gasteiger charge is 2.11. The van der Waals surface area contributed by atoms with Crippen LogP contribution in [0.2, 0.25) is 0 Å². The predicted molar refractivity (Wildman–Crippen MR) is 44.6 cm³/mol. The van der Waals surface area contributed by atoms with Crippen molar-refractivity contribution in [2.45, 2.75) is 13.3 Å². The molecule has 64 valence electrons. The van der Waals surface area contributed by atoms with Crippen molar-refractivity contribution in [3.63, 3.8) is 0 Å². The zero-order valence-electron chi connectivity index (χ0n) is 6.78. The fourth-order valence-corrected chi connectivity index (χ4v) is 0.929. The van der Waals surface area contributed by atoms with Crippen LogP contribution in [0.15, 0.2) is 28.9 Å². The molecule has 1 heterocycles. The third-order valence-corrected chi connectivity index (χ3v) is 1.43. The van der Waals surface area contributed by atoms with Gasteiger partial charge in [-0.25, -0.2) is 4.79 Å². The first kappa shape index (κ1) is 8.59. The molecule has 0 aliphatic rings. The highest BCUT2D eigenvalue weighted by Crippen LogP contribution is 2.15. The molecule has 1 rings (SSSR count). The summed E-state index contributed by atoms with van der Waals surface area (Å²) in [6, 6.07) is 3.30. The molecule has 0 atom stereocenters. The molecule has 0 saturated heterocycles. The molecule has 0 saturated carbocycles. The Morgan fingerprint density at radius 3 is 2.92 bits per heavy atom. The van der Waals surface area contributed by atoms with Gasteiger partial charge < -0.3 is 9.52 Å². The molecular formula is C9H10O3. The number of rotatable bonds is 3. The van der Waals surface area contributed by atoms with E-state index in [4.69, 9.17) is 9.52 Å². The Labute approximate surface area is 70.3 Å². The lowest BCUT2D eigenvalue weighted by atomic mass is 10.2. The standard InChI is InChI=1S/C9H10O3/c1-2-4-7(9(10)11)8-5-3-6-12-8/h3-6H,2H2,1H3,(H,10,11). The summed E-state index contributed by atoms with van der Waals surface area (Å²) in [5.41, 5.74) is 0.225. The second kappa shape index (κ2) is 3.76. The molecule has 1 aromatic heterocycles. The maximum Gasteiger partial charge on any atom is 0.339 e. The summed E-state index contributed by atoms with van der Waals surface area (Å²) in [5, 5.41) is 8.75. The second-order valence-corrected chi connectivity index (χ2v) is 2.31. The molecule has 1 aromatic rings. The third-order valence-electron chi connectivity index (χ3n) is 1.43. The van der Waals surface area contributed by atoms with E-state index in [-0.39, 0.29) is 5.57 Å². The summed E-state index contributed by atoms with van der Waals surface area (Å²) in [5.74, 6) is -0.545. The van der Waals surface area contributed by atoms with Crippen LogP contribution in [0.5, 0.6) is 0 Å². The van der Waals surface area contributed by atoms with Gasteiger partial charge in [0.15, 0.2) is 0 Å². The number of aliphatic carboxylic acids is 1. The molecule has 0 radical (unpaired) electrons. The van der Waals surface area contributed by atoms with Crippen LogP contribution in [-0.4, -0.2) is 11.1 Å². The van der Waals surface area contributed by atoms with Gasteiger partial charge >= 0.3 is 5.97 Å². The van der Waals surface area contributed by atoms with E-state index in [0.717, 1.165) is 0 Å². The molecule has 0 bridgehead atoms. The van der Waals surface area contributed by atoms with Gasteiger partial charge in [-0.05, 0) is 18.6 Å². The lowest BCUT2D eigenvalue weighted by Crippen LogP contribution is -1.97. The molecule has 0 aliphatic heterocycles. The SMILES string of the molecule is CCC=C(C(=O)O)c1ccco1. The minimum absolute atomic E-state index is 0.225. The van der Waals surface area contributed by atoms with Gasteiger partial charge in [0.25, 0.3) is 0 Å². The highest BCUT2D eigenvalue weighted by atomic mass is 16.4. The van der Waals surface area contributed by atoms with E-state index in [0.29, 0.717) is 12.2 Å². The molecule has 0 aromatic carbocycles. The normalized spacial score (nSPS) is 11.6. The first-order valence-corrected chi connectivity index (χ1v) is 3.73. The van der Waals surface area contributed by atoms with Gasteiger partial charge in [-0.15, -0.1) is 0 Å². The van der Waals surface area contributed by atoms with Crippen LogP contribution in [0.4, 0.5) is 0 Å². The van der Waals surface area contributed by atoms with Crippen molar-refractivity contribution >= 4 is 11.5 Å². The molecule has 0 spiro atoms. The molecule has 0 aliphatic carbocycles. The molecule has 0 fully saturated rings. The fourth-order valence-electron chi connectivity index (χ4n) is 0.929. The first-order valence-electron chi connectivity index (χ1n) is 3.73. The Balaban J connectivity index is 2.96. The van der Waals surface area contributed by atoms with E-state index < -0.39 is 5.97 Å². The van der Waals surface area contributed by atoms with Crippen LogP contribution in [0.1, 0.15) is 19.1 Å². The summed E-state index contributed by atoms with van der Waals surface area (Å²) >= 11 is 0. The van der Waals surface area contributed by atoms with Crippen molar-refractivity contribution in [2.24, 2.45) is 0 Å². The third kappa shape index (κ3) is 1.75. The Hall–Kier alpha value is -1.51. The van der Waals surface area contributed by atoms with Crippen molar-refractivity contribution in [1.82, 2.24) is 0 Å². The van der Waals surface area contributed by atoms with Gasteiger partial charge in [0, 0.05) is 0 Å². The molecule has 0 unspecified atom stereocenters. The smallest absolute Gasteiger partial charge is 0.339 e. The predicted octanol–water partition coefficient (Wildman–Crippen LogP) is 2.16. The number of carboxylic acids is 1. The Morgan fingerprint density at radius 2 is 2.50 bits per heavy atom. The quantitative estimate of drug-likeness (QED) is 0.700. The largest absolute Gasteiger partial charge is 0.478 e. The van der Waals surface area contributed by atoms with Crippen LogP contribution >= 0.6 is 0 Å². The number of allylic oxidation sites excluding steroid dienone is 1. The molecule has 3 heteroatoms. The summed E-state index contributed by atoms with van der Waals surface area (Å²) in [6.45, 7) is 1.88. The van der Waals surface area contributed by atoms with Crippen LogP contribution in [0, 0.1) is 0 Å². The number of furan rings is 1. The van der Waals surface area contributed by atoms with Crippen LogP contribution in [0.3, 0.4) is 0 Å². The molecule has 1 N–H and O–H groups in total. The number of carbonyl (C=O) groups is 1. The molecular weight excluding hydrogens is 156 g/mol. The number of carboxylic acid groups (broad SMARTS) is 1. The van der Waals surface area contributed by atoms with E-state index in [1.165, 1.54) is 6.26 Å². The summed E-state index contributed by atoms with van der Waals surface area (Å²) in [6.07, 6.45) is 3.77. The van der Waals surface area contributed by atoms with Crippen molar-refractivity contribution in [3.05, 3.63) is 30.2 Å². The van der Waals surface area contributed by atoms with Gasteiger partial charge in [-0.1, -0.05) is 13.0 Å². The van der Waals surface area contributed by atoms with Gasteiger partial charge in [-0.2, -0.15) is 0 Å². The van der Waals surface area contributed by atoms with E-state index in [9.17, 15) is 4.79 Å². The van der Waals surface area contributed by atoms with Crippen molar-refractivity contribution in [2.75, 3.05) is 0 Å². The number of hydrogen-bond acceptors (Lipinski definition) is 2. The minimum atomic E-state index is -0.952. The Morgan fingerprint density at radius 1 is 1.75 bits per heavy atom. The Bertz CT molecular complexity index is 283. The zero-order valence-corrected chi connectivity index (χ0v) is 6.78. The number of hydrogen-bond donors (Lipinski definition) is 1. The van der Waals surface area contributed by atoms with Crippen LogP contribution in [-0.2, 0) is 4.79 Å². The van der Waals surface area contributed by atoms with E-state index in [2.05, 4.69) is 0 Å². The minimum Gasteiger partial charge on any atom is -0.478 e. The molecule has 3 nitrogen and oxygen atoms in total. The first-order chi connectivity index (χ1) is 5.75. The van der Waals surface area contributed by atoms with Gasteiger partial charge in [0.1, 0.15) is 5.76 Å². The van der Waals surface area contributed by atoms with Crippen molar-refractivity contribution in [1.29, 1.82) is 0 Å². The maximum absolute atomic E-state index is 10.7. The van der Waals surface area contributed by atoms with Gasteiger partial charge in [0.05, 0.1) is 11.8 Å². The molecule has 0 amide bonds. The second-order valence-electron chi connectivity index (χ2n) is 2.31. The van der Waals surface area contributed by atoms with Crippen LogP contribution < -0.4 is 0 Å². The lowest BCUT2D eigenvalue weighted by Gasteiger charge is -1.95. The zero-order chi connectivity index (χ0) is 8.97. The summed E-state index contributed by atoms with van der Waals surface area (Å²) < 4.78 is 4.96. The van der Waals surface area contributed by atoms with Crippen molar-refractivity contribution in [3.8, 4) is 0 Å². The van der Waals surface area contributed by atoms with E-state index >= 15 is 0 Å². The maximum atomic E-state index is 10.7. The van der Waals surface area contributed by atoms with Gasteiger partial charge in [0.2, 0.25) is 0 Å². The summed E-state index contributed by atoms with van der Waals surface area (Å²) in [7, 11) is 0.